The molecule has 4 N–H and O–H groups in total. The Morgan fingerprint density at radius 2 is 1.94 bits per heavy atom. The maximum absolute atomic E-state index is 12.2. The number of ether oxygens (including phenoxy) is 1. The van der Waals surface area contributed by atoms with Gasteiger partial charge in [0.25, 0.3) is 0 Å². The number of nitrogen functional groups attached to an aromatic ring is 1. The highest BCUT2D eigenvalue weighted by atomic mass is 16.5. The molecular weight excluding hydrogens is 406 g/mol. The first-order chi connectivity index (χ1) is 15.4. The number of carbonyl (C=O) groups excluding carboxylic acids is 1. The van der Waals surface area contributed by atoms with Crippen LogP contribution in [0.4, 0.5) is 22.0 Å². The van der Waals surface area contributed by atoms with Gasteiger partial charge in [0.05, 0.1) is 5.52 Å². The molecule has 3 aromatic rings. The van der Waals surface area contributed by atoms with Crippen LogP contribution in [0.3, 0.4) is 0 Å². The third-order valence-electron chi connectivity index (χ3n) is 5.14. The first kappa shape index (κ1) is 23.3. The van der Waals surface area contributed by atoms with E-state index in [2.05, 4.69) is 25.2 Å². The van der Waals surface area contributed by atoms with Crippen molar-refractivity contribution in [2.75, 3.05) is 43.2 Å². The van der Waals surface area contributed by atoms with E-state index in [1.54, 1.807) is 0 Å². The van der Waals surface area contributed by atoms with Crippen LogP contribution in [-0.4, -0.2) is 47.8 Å². The Kier molecular flexibility index (Phi) is 7.88. The van der Waals surface area contributed by atoms with Crippen molar-refractivity contribution >= 4 is 34.3 Å². The van der Waals surface area contributed by atoms with Gasteiger partial charge in [-0.05, 0) is 57.0 Å². The molecule has 3 rings (SSSR count). The average Bonchev–Trinajstić information content (AvgIpc) is 3.10. The number of aromatic nitrogens is 3. The van der Waals surface area contributed by atoms with Crippen LogP contribution in [0.2, 0.25) is 0 Å². The first-order valence-electron chi connectivity index (χ1n) is 10.9. The number of urea groups is 1. The Bertz CT molecular complexity index is 1040. The minimum atomic E-state index is -0.206. The van der Waals surface area contributed by atoms with E-state index in [4.69, 9.17) is 10.5 Å². The lowest BCUT2D eigenvalue weighted by Crippen LogP contribution is -2.29. The van der Waals surface area contributed by atoms with Gasteiger partial charge >= 0.3 is 6.03 Å². The van der Waals surface area contributed by atoms with Gasteiger partial charge in [0.15, 0.2) is 5.82 Å². The summed E-state index contributed by atoms with van der Waals surface area (Å²) in [7, 11) is 3.96. The number of nitrogens with one attached hydrogen (secondary N) is 2. The van der Waals surface area contributed by atoms with Crippen molar-refractivity contribution in [1.82, 2.24) is 19.9 Å². The smallest absolute Gasteiger partial charge is 0.319 e. The maximum atomic E-state index is 12.2. The highest BCUT2D eigenvalue weighted by Crippen LogP contribution is 2.23. The molecule has 1 aromatic carbocycles. The van der Waals surface area contributed by atoms with Crippen molar-refractivity contribution in [3.63, 3.8) is 0 Å². The molecule has 9 heteroatoms. The highest BCUT2D eigenvalue weighted by Gasteiger charge is 2.14. The molecule has 0 saturated heterocycles. The largest absolute Gasteiger partial charge is 0.382 e. The number of nitrogens with zero attached hydrogens (tertiary/aromatic N) is 4. The number of aryl methyl sites for hydroxylation is 2. The Hall–Kier alpha value is -3.33. The third kappa shape index (κ3) is 5.88. The number of anilines is 3. The summed E-state index contributed by atoms with van der Waals surface area (Å²) in [5.41, 5.74) is 10.5. The van der Waals surface area contributed by atoms with Crippen LogP contribution in [0.15, 0.2) is 30.3 Å². The number of hydrogen-bond donors (Lipinski definition) is 3. The van der Waals surface area contributed by atoms with Gasteiger partial charge in [-0.25, -0.2) is 14.8 Å². The number of rotatable bonds is 10. The van der Waals surface area contributed by atoms with Crippen molar-refractivity contribution in [2.24, 2.45) is 0 Å². The van der Waals surface area contributed by atoms with Crippen LogP contribution in [0.25, 0.3) is 11.0 Å². The van der Waals surface area contributed by atoms with Crippen LogP contribution >= 0.6 is 0 Å². The first-order valence-corrected chi connectivity index (χ1v) is 10.9. The van der Waals surface area contributed by atoms with Gasteiger partial charge in [-0.1, -0.05) is 0 Å². The third-order valence-corrected chi connectivity index (χ3v) is 5.14. The van der Waals surface area contributed by atoms with E-state index in [-0.39, 0.29) is 6.03 Å². The topological polar surface area (TPSA) is 110 Å². The molecule has 2 heterocycles. The molecule has 0 bridgehead atoms. The molecule has 32 heavy (non-hydrogen) atoms. The second kappa shape index (κ2) is 10.8. The van der Waals surface area contributed by atoms with Gasteiger partial charge in [-0.15, -0.1) is 0 Å². The summed E-state index contributed by atoms with van der Waals surface area (Å²) < 4.78 is 7.72. The summed E-state index contributed by atoms with van der Waals surface area (Å²) in [5, 5.41) is 5.77. The fourth-order valence-corrected chi connectivity index (χ4v) is 3.49. The second-order valence-electron chi connectivity index (χ2n) is 7.86. The van der Waals surface area contributed by atoms with Crippen LogP contribution in [0.1, 0.15) is 31.3 Å². The minimum absolute atomic E-state index is 0.206. The number of amides is 2. The molecule has 0 saturated carbocycles. The lowest BCUT2D eigenvalue weighted by Gasteiger charge is -2.13. The fourth-order valence-electron chi connectivity index (χ4n) is 3.49. The van der Waals surface area contributed by atoms with Crippen molar-refractivity contribution in [3.8, 4) is 0 Å². The standard InChI is InChI=1S/C23H33N7O2/c1-5-32-15-20-28-21-19(14-16(2)26-22(21)24)30(20)13-7-6-12-25-23(31)27-17-8-10-18(11-9-17)29(3)4/h8-11,14H,5-7,12-13,15H2,1-4H3,(H2,24,26)(H2,25,27,31). The lowest BCUT2D eigenvalue weighted by molar-refractivity contribution is 0.126. The number of fused-ring (bicyclic) bond motifs is 1. The summed E-state index contributed by atoms with van der Waals surface area (Å²) in [5.74, 6) is 1.28. The number of nitrogens with two attached hydrogens (primary N) is 1. The molecule has 172 valence electrons. The van der Waals surface area contributed by atoms with Crippen LogP contribution in [0.5, 0.6) is 0 Å². The van der Waals surface area contributed by atoms with Gasteiger partial charge < -0.3 is 30.6 Å². The molecular formula is C23H33N7O2. The fraction of sp³-hybridized carbons (Fsp3) is 0.435. The molecule has 2 aromatic heterocycles. The van der Waals surface area contributed by atoms with Gasteiger partial charge in [0.2, 0.25) is 0 Å². The average molecular weight is 440 g/mol. The SMILES string of the molecule is CCOCc1nc2c(N)nc(C)cc2n1CCCCNC(=O)Nc1ccc(N(C)C)cc1. The predicted molar refractivity (Wildman–Crippen MR) is 129 cm³/mol. The molecule has 2 amide bonds. The summed E-state index contributed by atoms with van der Waals surface area (Å²) >= 11 is 0. The van der Waals surface area contributed by atoms with E-state index in [9.17, 15) is 4.79 Å². The van der Waals surface area contributed by atoms with E-state index < -0.39 is 0 Å². The van der Waals surface area contributed by atoms with Gasteiger partial charge in [0.1, 0.15) is 17.9 Å². The molecule has 0 spiro atoms. The van der Waals surface area contributed by atoms with E-state index in [1.165, 1.54) is 0 Å². The number of hydrogen-bond acceptors (Lipinski definition) is 6. The summed E-state index contributed by atoms with van der Waals surface area (Å²) in [6.45, 7) is 6.27. The molecule has 0 aliphatic heterocycles. The zero-order valence-corrected chi connectivity index (χ0v) is 19.3. The van der Waals surface area contributed by atoms with Crippen LogP contribution in [0, 0.1) is 6.92 Å². The molecule has 9 nitrogen and oxygen atoms in total. The zero-order chi connectivity index (χ0) is 23.1. The Balaban J connectivity index is 1.52. The maximum Gasteiger partial charge on any atom is 0.319 e. The zero-order valence-electron chi connectivity index (χ0n) is 19.3. The van der Waals surface area contributed by atoms with E-state index in [1.807, 2.05) is 63.2 Å². The molecule has 0 aliphatic carbocycles. The van der Waals surface area contributed by atoms with E-state index in [0.717, 1.165) is 47.8 Å². The second-order valence-corrected chi connectivity index (χ2v) is 7.86. The monoisotopic (exact) mass is 439 g/mol. The van der Waals surface area contributed by atoms with Gasteiger partial charge in [0, 0.05) is 50.9 Å². The van der Waals surface area contributed by atoms with E-state index in [0.29, 0.717) is 31.1 Å². The van der Waals surface area contributed by atoms with Crippen molar-refractivity contribution in [3.05, 3.63) is 41.9 Å². The Morgan fingerprint density at radius 1 is 1.19 bits per heavy atom. The molecule has 0 unspecified atom stereocenters. The molecule has 0 radical (unpaired) electrons. The van der Waals surface area contributed by atoms with Crippen molar-refractivity contribution in [1.29, 1.82) is 0 Å². The number of pyridine rings is 1. The normalized spacial score (nSPS) is 11.0. The van der Waals surface area contributed by atoms with Crippen LogP contribution < -0.4 is 21.3 Å². The quantitative estimate of drug-likeness (QED) is 0.417. The van der Waals surface area contributed by atoms with Crippen molar-refractivity contribution < 1.29 is 9.53 Å². The van der Waals surface area contributed by atoms with Crippen LogP contribution in [-0.2, 0) is 17.9 Å². The summed E-state index contributed by atoms with van der Waals surface area (Å²) in [6, 6.07) is 9.51. The van der Waals surface area contributed by atoms with Crippen molar-refractivity contribution in [2.45, 2.75) is 39.8 Å². The minimum Gasteiger partial charge on any atom is -0.382 e. The Morgan fingerprint density at radius 3 is 2.62 bits per heavy atom. The lowest BCUT2D eigenvalue weighted by atomic mass is 10.2. The number of carbonyl (C=O) groups is 1. The number of unbranched alkanes of at least 4 members (excludes halogenated alkanes) is 1. The molecule has 0 atom stereocenters. The molecule has 0 aliphatic rings. The highest BCUT2D eigenvalue weighted by molar-refractivity contribution is 5.89. The van der Waals surface area contributed by atoms with Gasteiger partial charge in [-0.3, -0.25) is 0 Å². The van der Waals surface area contributed by atoms with Gasteiger partial charge in [-0.2, -0.15) is 0 Å². The summed E-state index contributed by atoms with van der Waals surface area (Å²) in [6.07, 6.45) is 1.71. The number of benzene rings is 1. The predicted octanol–water partition coefficient (Wildman–Crippen LogP) is 3.53. The number of imidazole rings is 1. The van der Waals surface area contributed by atoms with E-state index >= 15 is 0 Å². The summed E-state index contributed by atoms with van der Waals surface area (Å²) in [4.78, 5) is 23.1. The Labute approximate surface area is 189 Å². The molecule has 0 fully saturated rings.